The average Bonchev–Trinajstić information content (AvgIpc) is 2.77. The lowest BCUT2D eigenvalue weighted by Gasteiger charge is -2.17. The third-order valence-corrected chi connectivity index (χ3v) is 6.13. The Hall–Kier alpha value is -3.47. The van der Waals surface area contributed by atoms with Gasteiger partial charge in [0.1, 0.15) is 17.2 Å². The van der Waals surface area contributed by atoms with E-state index < -0.39 is 21.8 Å². The SMILES string of the molecule is CCOc1cc(=O)n(C)cc1-c1cc(NS(=O)(=O)CC)ccc1Oc1ccc(C(F)(F)F)cc1. The molecule has 7 nitrogen and oxygen atoms in total. The van der Waals surface area contributed by atoms with Gasteiger partial charge in [-0.15, -0.1) is 0 Å². The zero-order valence-corrected chi connectivity index (χ0v) is 19.5. The zero-order valence-electron chi connectivity index (χ0n) is 18.6. The highest BCUT2D eigenvalue weighted by molar-refractivity contribution is 7.92. The molecule has 0 radical (unpaired) electrons. The molecular formula is C23H23F3N2O5S. The Morgan fingerprint density at radius 1 is 0.971 bits per heavy atom. The number of anilines is 1. The van der Waals surface area contributed by atoms with Crippen molar-refractivity contribution in [3.8, 4) is 28.4 Å². The number of rotatable bonds is 8. The largest absolute Gasteiger partial charge is 0.493 e. The van der Waals surface area contributed by atoms with Gasteiger partial charge in [-0.25, -0.2) is 8.42 Å². The predicted molar refractivity (Wildman–Crippen MR) is 123 cm³/mol. The minimum atomic E-state index is -4.48. The van der Waals surface area contributed by atoms with Crippen molar-refractivity contribution in [3.63, 3.8) is 0 Å². The number of alkyl halides is 3. The molecule has 3 rings (SSSR count). The molecule has 0 saturated carbocycles. The van der Waals surface area contributed by atoms with Crippen LogP contribution in [-0.4, -0.2) is 25.3 Å². The first kappa shape index (κ1) is 25.2. The Morgan fingerprint density at radius 2 is 1.65 bits per heavy atom. The van der Waals surface area contributed by atoms with Gasteiger partial charge in [0, 0.05) is 36.1 Å². The fourth-order valence-corrected chi connectivity index (χ4v) is 3.70. The molecule has 0 aliphatic heterocycles. The lowest BCUT2D eigenvalue weighted by atomic mass is 10.0. The Kier molecular flexibility index (Phi) is 7.25. The van der Waals surface area contributed by atoms with Crippen molar-refractivity contribution in [3.05, 3.63) is 70.6 Å². The van der Waals surface area contributed by atoms with Gasteiger partial charge in [0.05, 0.1) is 17.9 Å². The quantitative estimate of drug-likeness (QED) is 0.473. The number of nitrogens with zero attached hydrogens (tertiary/aromatic N) is 1. The summed E-state index contributed by atoms with van der Waals surface area (Å²) in [6.45, 7) is 3.50. The van der Waals surface area contributed by atoms with Crippen molar-refractivity contribution in [2.24, 2.45) is 7.05 Å². The molecule has 1 aromatic heterocycles. The molecule has 1 N–H and O–H groups in total. The first-order valence-corrected chi connectivity index (χ1v) is 11.9. The summed E-state index contributed by atoms with van der Waals surface area (Å²) in [5.74, 6) is 0.465. The van der Waals surface area contributed by atoms with Gasteiger partial charge < -0.3 is 14.0 Å². The van der Waals surface area contributed by atoms with Crippen LogP contribution in [0.5, 0.6) is 17.2 Å². The van der Waals surface area contributed by atoms with E-state index in [0.29, 0.717) is 11.1 Å². The van der Waals surface area contributed by atoms with E-state index in [1.165, 1.54) is 54.1 Å². The maximum atomic E-state index is 12.9. The molecule has 0 spiro atoms. The van der Waals surface area contributed by atoms with Gasteiger partial charge in [-0.1, -0.05) is 0 Å². The molecule has 182 valence electrons. The summed E-state index contributed by atoms with van der Waals surface area (Å²) in [4.78, 5) is 12.1. The maximum Gasteiger partial charge on any atom is 0.416 e. The maximum absolute atomic E-state index is 12.9. The van der Waals surface area contributed by atoms with E-state index in [1.54, 1.807) is 14.0 Å². The summed E-state index contributed by atoms with van der Waals surface area (Å²) in [5.41, 5.74) is -0.0899. The molecule has 0 aliphatic rings. The molecule has 2 aromatic carbocycles. The Labute approximate surface area is 194 Å². The summed E-state index contributed by atoms with van der Waals surface area (Å²) in [6, 6.07) is 9.93. The standard InChI is InChI=1S/C23H23F3N2O5S/c1-4-32-21-13-22(29)28(3)14-19(21)18-12-16(27-34(30,31)5-2)8-11-20(18)33-17-9-6-15(7-10-17)23(24,25)26/h6-14,27H,4-5H2,1-3H3. The highest BCUT2D eigenvalue weighted by atomic mass is 32.2. The topological polar surface area (TPSA) is 86.6 Å². The second kappa shape index (κ2) is 9.80. The Balaban J connectivity index is 2.14. The van der Waals surface area contributed by atoms with Crippen LogP contribution in [0.15, 0.2) is 59.5 Å². The zero-order chi connectivity index (χ0) is 25.1. The average molecular weight is 497 g/mol. The van der Waals surface area contributed by atoms with Crippen molar-refractivity contribution in [1.82, 2.24) is 4.57 Å². The van der Waals surface area contributed by atoms with Crippen LogP contribution in [0.4, 0.5) is 18.9 Å². The van der Waals surface area contributed by atoms with Gasteiger partial charge in [0.15, 0.2) is 0 Å². The monoisotopic (exact) mass is 496 g/mol. The van der Waals surface area contributed by atoms with Crippen LogP contribution in [0.2, 0.25) is 0 Å². The minimum Gasteiger partial charge on any atom is -0.493 e. The third kappa shape index (κ3) is 5.90. The molecule has 0 atom stereocenters. The van der Waals surface area contributed by atoms with E-state index in [4.69, 9.17) is 9.47 Å². The second-order valence-electron chi connectivity index (χ2n) is 7.27. The smallest absolute Gasteiger partial charge is 0.416 e. The fraction of sp³-hybridized carbons (Fsp3) is 0.261. The number of hydrogen-bond donors (Lipinski definition) is 1. The van der Waals surface area contributed by atoms with Crippen LogP contribution in [0.25, 0.3) is 11.1 Å². The summed E-state index contributed by atoms with van der Waals surface area (Å²) >= 11 is 0. The van der Waals surface area contributed by atoms with Gasteiger partial charge in [0.25, 0.3) is 5.56 Å². The minimum absolute atomic E-state index is 0.138. The van der Waals surface area contributed by atoms with Gasteiger partial charge in [-0.3, -0.25) is 9.52 Å². The van der Waals surface area contributed by atoms with Crippen LogP contribution in [0, 0.1) is 0 Å². The molecule has 34 heavy (non-hydrogen) atoms. The second-order valence-corrected chi connectivity index (χ2v) is 9.29. The lowest BCUT2D eigenvalue weighted by molar-refractivity contribution is -0.137. The van der Waals surface area contributed by atoms with Gasteiger partial charge in [-0.2, -0.15) is 13.2 Å². The highest BCUT2D eigenvalue weighted by Gasteiger charge is 2.30. The molecular weight excluding hydrogens is 473 g/mol. The summed E-state index contributed by atoms with van der Waals surface area (Å²) in [7, 11) is -2.04. The van der Waals surface area contributed by atoms with Crippen LogP contribution >= 0.6 is 0 Å². The number of hydrogen-bond acceptors (Lipinski definition) is 5. The highest BCUT2D eigenvalue weighted by Crippen LogP contribution is 2.40. The first-order chi connectivity index (χ1) is 15.9. The number of benzene rings is 2. The molecule has 11 heteroatoms. The number of aromatic nitrogens is 1. The number of aryl methyl sites for hydroxylation is 1. The van der Waals surface area contributed by atoms with E-state index in [-0.39, 0.29) is 40.9 Å². The lowest BCUT2D eigenvalue weighted by Crippen LogP contribution is -2.16. The molecule has 3 aromatic rings. The number of nitrogens with one attached hydrogen (secondary N) is 1. The van der Waals surface area contributed by atoms with E-state index >= 15 is 0 Å². The van der Waals surface area contributed by atoms with E-state index in [2.05, 4.69) is 4.72 Å². The number of pyridine rings is 1. The molecule has 0 saturated heterocycles. The molecule has 0 unspecified atom stereocenters. The van der Waals surface area contributed by atoms with Crippen LogP contribution < -0.4 is 19.8 Å². The first-order valence-electron chi connectivity index (χ1n) is 10.3. The van der Waals surface area contributed by atoms with Gasteiger partial charge in [0.2, 0.25) is 10.0 Å². The number of ether oxygens (including phenoxy) is 2. The molecule has 0 amide bonds. The predicted octanol–water partition coefficient (Wildman–Crippen LogP) is 5.02. The third-order valence-electron chi connectivity index (χ3n) is 4.82. The summed E-state index contributed by atoms with van der Waals surface area (Å²) in [6.07, 6.45) is -2.97. The van der Waals surface area contributed by atoms with E-state index in [9.17, 15) is 26.4 Å². The van der Waals surface area contributed by atoms with Crippen molar-refractivity contribution in [2.75, 3.05) is 17.1 Å². The van der Waals surface area contributed by atoms with Crippen LogP contribution in [-0.2, 0) is 23.2 Å². The number of sulfonamides is 1. The van der Waals surface area contributed by atoms with Gasteiger partial charge >= 0.3 is 6.18 Å². The Bertz CT molecular complexity index is 1330. The van der Waals surface area contributed by atoms with E-state index in [0.717, 1.165) is 12.1 Å². The summed E-state index contributed by atoms with van der Waals surface area (Å²) < 4.78 is 78.1. The van der Waals surface area contributed by atoms with Crippen LogP contribution in [0.1, 0.15) is 19.4 Å². The summed E-state index contributed by atoms with van der Waals surface area (Å²) in [5, 5.41) is 0. The normalized spacial score (nSPS) is 11.8. The van der Waals surface area contributed by atoms with Crippen molar-refractivity contribution >= 4 is 15.7 Å². The molecule has 1 heterocycles. The van der Waals surface area contributed by atoms with Gasteiger partial charge in [-0.05, 0) is 56.3 Å². The molecule has 0 aliphatic carbocycles. The van der Waals surface area contributed by atoms with Crippen LogP contribution in [0.3, 0.4) is 0 Å². The fourth-order valence-electron chi connectivity index (χ4n) is 3.07. The Morgan fingerprint density at radius 3 is 2.24 bits per heavy atom. The van der Waals surface area contributed by atoms with Crippen molar-refractivity contribution < 1.29 is 31.1 Å². The van der Waals surface area contributed by atoms with Crippen molar-refractivity contribution in [1.29, 1.82) is 0 Å². The van der Waals surface area contributed by atoms with E-state index in [1.807, 2.05) is 0 Å². The number of halogens is 3. The molecule has 0 fully saturated rings. The molecule has 0 bridgehead atoms. The van der Waals surface area contributed by atoms with Crippen molar-refractivity contribution in [2.45, 2.75) is 20.0 Å².